The molecular formula is C24H31N3O8S. The molecular weight excluding hydrogens is 490 g/mol. The number of hydrogen-bond acceptors (Lipinski definition) is 9. The standard InChI is InChI=1S/C24H31N3O8S/c1-7-8-25-20(29)16-12-36-11-14-17(28)9-18(33-6)13(2)19(14)22(31)34-10-15(21(30)26-16)27-23(32)35-24(3,4)5/h1,9,15-16,28H,8,10-12H2,2-6H3,(H,25,29)(H,26,30)(H,27,32)/t15-,16-/m0/s1. The lowest BCUT2D eigenvalue weighted by Crippen LogP contribution is -2.56. The second-order valence-electron chi connectivity index (χ2n) is 8.87. The van der Waals surface area contributed by atoms with Crippen molar-refractivity contribution in [2.24, 2.45) is 0 Å². The van der Waals surface area contributed by atoms with Crippen molar-refractivity contribution in [2.75, 3.05) is 26.0 Å². The maximum absolute atomic E-state index is 13.1. The molecule has 1 aromatic carbocycles. The molecule has 0 saturated heterocycles. The van der Waals surface area contributed by atoms with Gasteiger partial charge in [-0.25, -0.2) is 9.59 Å². The molecule has 0 radical (unpaired) electrons. The molecule has 4 N–H and O–H groups in total. The molecule has 12 heteroatoms. The Morgan fingerprint density at radius 3 is 2.67 bits per heavy atom. The van der Waals surface area contributed by atoms with Gasteiger partial charge in [-0.1, -0.05) is 5.92 Å². The number of amides is 3. The molecule has 0 bridgehead atoms. The quantitative estimate of drug-likeness (QED) is 0.339. The molecule has 0 fully saturated rings. The van der Waals surface area contributed by atoms with E-state index in [2.05, 4.69) is 21.9 Å². The predicted molar refractivity (Wildman–Crippen MR) is 133 cm³/mol. The van der Waals surface area contributed by atoms with E-state index in [1.54, 1.807) is 27.7 Å². The number of hydrogen-bond donors (Lipinski definition) is 4. The number of carbonyl (C=O) groups excluding carboxylic acids is 4. The minimum Gasteiger partial charge on any atom is -0.507 e. The van der Waals surface area contributed by atoms with Crippen LogP contribution in [0, 0.1) is 19.3 Å². The minimum absolute atomic E-state index is 0.0460. The number of benzene rings is 1. The summed E-state index contributed by atoms with van der Waals surface area (Å²) < 4.78 is 15.8. The number of rotatable bonds is 4. The van der Waals surface area contributed by atoms with Gasteiger partial charge < -0.3 is 35.3 Å². The molecule has 1 aliphatic heterocycles. The van der Waals surface area contributed by atoms with Gasteiger partial charge in [0.05, 0.1) is 19.2 Å². The zero-order chi connectivity index (χ0) is 27.0. The van der Waals surface area contributed by atoms with E-state index in [1.807, 2.05) is 0 Å². The number of aromatic hydroxyl groups is 1. The summed E-state index contributed by atoms with van der Waals surface area (Å²) in [5.41, 5.74) is -0.0576. The second kappa shape index (κ2) is 12.4. The maximum atomic E-state index is 13.1. The number of esters is 1. The number of ether oxygens (including phenoxy) is 3. The molecule has 11 nitrogen and oxygen atoms in total. The third kappa shape index (κ3) is 7.71. The largest absolute Gasteiger partial charge is 0.507 e. The number of cyclic esters (lactones) is 1. The highest BCUT2D eigenvalue weighted by Gasteiger charge is 2.32. The molecule has 196 valence electrons. The number of carbonyl (C=O) groups is 4. The molecule has 36 heavy (non-hydrogen) atoms. The lowest BCUT2D eigenvalue weighted by atomic mass is 10.0. The summed E-state index contributed by atoms with van der Waals surface area (Å²) in [6.45, 7) is 5.97. The van der Waals surface area contributed by atoms with Crippen LogP contribution < -0.4 is 20.7 Å². The van der Waals surface area contributed by atoms with E-state index >= 15 is 0 Å². The number of thioether (sulfide) groups is 1. The van der Waals surface area contributed by atoms with Crippen molar-refractivity contribution in [1.29, 1.82) is 0 Å². The topological polar surface area (TPSA) is 152 Å². The van der Waals surface area contributed by atoms with Crippen LogP contribution in [0.5, 0.6) is 11.5 Å². The SMILES string of the molecule is C#CCNC(=O)[C@@H]1CSCc2c(O)cc(OC)c(C)c2C(=O)OC[C@H](NC(=O)OC(C)(C)C)C(=O)N1. The monoisotopic (exact) mass is 521 g/mol. The first-order valence-corrected chi connectivity index (χ1v) is 12.2. The molecule has 0 aromatic heterocycles. The predicted octanol–water partition coefficient (Wildman–Crippen LogP) is 1.24. The van der Waals surface area contributed by atoms with Crippen LogP contribution in [-0.2, 0) is 24.8 Å². The number of terminal acetylenes is 1. The van der Waals surface area contributed by atoms with Crippen molar-refractivity contribution in [1.82, 2.24) is 16.0 Å². The fourth-order valence-electron chi connectivity index (χ4n) is 3.29. The molecule has 3 amide bonds. The zero-order valence-corrected chi connectivity index (χ0v) is 21.7. The van der Waals surface area contributed by atoms with E-state index < -0.39 is 48.2 Å². The smallest absolute Gasteiger partial charge is 0.408 e. The van der Waals surface area contributed by atoms with E-state index in [0.29, 0.717) is 5.56 Å². The summed E-state index contributed by atoms with van der Waals surface area (Å²) in [5, 5.41) is 18.0. The number of nitrogens with one attached hydrogen (secondary N) is 3. The van der Waals surface area contributed by atoms with Crippen LogP contribution in [-0.4, -0.2) is 72.7 Å². The molecule has 2 rings (SSSR count). The third-order valence-electron chi connectivity index (χ3n) is 4.96. The van der Waals surface area contributed by atoms with Crippen molar-refractivity contribution in [2.45, 2.75) is 51.1 Å². The van der Waals surface area contributed by atoms with Crippen LogP contribution in [0.4, 0.5) is 4.79 Å². The van der Waals surface area contributed by atoms with Gasteiger partial charge in [-0.15, -0.1) is 6.42 Å². The maximum Gasteiger partial charge on any atom is 0.408 e. The highest BCUT2D eigenvalue weighted by molar-refractivity contribution is 7.98. The Balaban J connectivity index is 2.45. The molecule has 1 heterocycles. The average molecular weight is 522 g/mol. The van der Waals surface area contributed by atoms with Gasteiger partial charge in [0.1, 0.15) is 35.8 Å². The van der Waals surface area contributed by atoms with Gasteiger partial charge in [-0.2, -0.15) is 11.8 Å². The van der Waals surface area contributed by atoms with Gasteiger partial charge in [0.2, 0.25) is 11.8 Å². The Hall–Kier alpha value is -3.59. The van der Waals surface area contributed by atoms with E-state index in [4.69, 9.17) is 20.6 Å². The lowest BCUT2D eigenvalue weighted by Gasteiger charge is -2.26. The first kappa shape index (κ1) is 28.6. The Morgan fingerprint density at radius 2 is 2.06 bits per heavy atom. The number of alkyl carbamates (subject to hydrolysis) is 1. The normalized spacial score (nSPS) is 18.7. The van der Waals surface area contributed by atoms with E-state index in [-0.39, 0.29) is 40.7 Å². The number of methoxy groups -OCH3 is 1. The number of phenolic OH excluding ortho intramolecular Hbond substituents is 1. The van der Waals surface area contributed by atoms with Crippen molar-refractivity contribution in [3.8, 4) is 23.8 Å². The summed E-state index contributed by atoms with van der Waals surface area (Å²) in [5.74, 6) is 0.482. The van der Waals surface area contributed by atoms with E-state index in [9.17, 15) is 24.3 Å². The van der Waals surface area contributed by atoms with Crippen molar-refractivity contribution in [3.05, 3.63) is 22.8 Å². The summed E-state index contributed by atoms with van der Waals surface area (Å²) in [4.78, 5) is 51.1. The summed E-state index contributed by atoms with van der Waals surface area (Å²) >= 11 is 1.20. The van der Waals surface area contributed by atoms with Gasteiger partial charge in [-0.3, -0.25) is 9.59 Å². The Labute approximate surface area is 214 Å². The van der Waals surface area contributed by atoms with Gasteiger partial charge in [-0.05, 0) is 27.7 Å². The van der Waals surface area contributed by atoms with Crippen LogP contribution in [0.25, 0.3) is 0 Å². The van der Waals surface area contributed by atoms with Crippen molar-refractivity contribution < 1.29 is 38.5 Å². The summed E-state index contributed by atoms with van der Waals surface area (Å²) in [7, 11) is 1.40. The minimum atomic E-state index is -1.38. The molecule has 0 unspecified atom stereocenters. The Morgan fingerprint density at radius 1 is 1.36 bits per heavy atom. The number of fused-ring (bicyclic) bond motifs is 1. The van der Waals surface area contributed by atoms with E-state index in [0.717, 1.165) is 0 Å². The van der Waals surface area contributed by atoms with Crippen LogP contribution in [0.15, 0.2) is 6.07 Å². The van der Waals surface area contributed by atoms with Crippen molar-refractivity contribution >= 4 is 35.6 Å². The molecule has 0 spiro atoms. The highest BCUT2D eigenvalue weighted by Crippen LogP contribution is 2.35. The summed E-state index contributed by atoms with van der Waals surface area (Å²) in [6.07, 6.45) is 4.30. The highest BCUT2D eigenvalue weighted by atomic mass is 32.2. The van der Waals surface area contributed by atoms with Crippen LogP contribution in [0.1, 0.15) is 42.3 Å². The van der Waals surface area contributed by atoms with Gasteiger partial charge in [0, 0.05) is 28.7 Å². The lowest BCUT2D eigenvalue weighted by molar-refractivity contribution is -0.130. The first-order chi connectivity index (χ1) is 16.9. The fourth-order valence-corrected chi connectivity index (χ4v) is 4.38. The molecule has 0 saturated carbocycles. The molecule has 0 aliphatic carbocycles. The van der Waals surface area contributed by atoms with Crippen LogP contribution in [0.3, 0.4) is 0 Å². The first-order valence-electron chi connectivity index (χ1n) is 11.0. The van der Waals surface area contributed by atoms with E-state index in [1.165, 1.54) is 24.9 Å². The molecule has 1 aliphatic rings. The molecule has 2 atom stereocenters. The Kier molecular flexibility index (Phi) is 9.86. The average Bonchev–Trinajstić information content (AvgIpc) is 2.79. The third-order valence-corrected chi connectivity index (χ3v) is 6.03. The van der Waals surface area contributed by atoms with Gasteiger partial charge >= 0.3 is 12.1 Å². The fraction of sp³-hybridized carbons (Fsp3) is 0.500. The zero-order valence-electron chi connectivity index (χ0n) is 20.9. The van der Waals surface area contributed by atoms with Crippen molar-refractivity contribution in [3.63, 3.8) is 0 Å². The number of phenols is 1. The summed E-state index contributed by atoms with van der Waals surface area (Å²) in [6, 6.07) is -1.02. The van der Waals surface area contributed by atoms with Gasteiger partial charge in [0.15, 0.2) is 0 Å². The molecule has 1 aromatic rings. The van der Waals surface area contributed by atoms with Crippen LogP contribution in [0.2, 0.25) is 0 Å². The second-order valence-corrected chi connectivity index (χ2v) is 9.90. The van der Waals surface area contributed by atoms with Crippen LogP contribution >= 0.6 is 11.8 Å². The van der Waals surface area contributed by atoms with Gasteiger partial charge in [0.25, 0.3) is 0 Å². The Bertz CT molecular complexity index is 1060.